The Labute approximate surface area is 232 Å². The first-order chi connectivity index (χ1) is 19.2. The molecule has 4 heterocycles. The van der Waals surface area contributed by atoms with E-state index >= 15 is 0 Å². The van der Waals surface area contributed by atoms with Gasteiger partial charge in [0.2, 0.25) is 10.0 Å². The number of nitrogens with one attached hydrogen (secondary N) is 1. The topological polar surface area (TPSA) is 115 Å². The SMILES string of the molecule is CCc1c(C(=O)Oc2ccncc2)cccc1S(=O)(=O)NC(C(=O)O[C@H]1CN2CCC1CC2)c1cccc(F)c1. The van der Waals surface area contributed by atoms with E-state index in [2.05, 4.69) is 14.6 Å². The summed E-state index contributed by atoms with van der Waals surface area (Å²) in [5, 5.41) is 0. The minimum Gasteiger partial charge on any atom is -0.459 e. The van der Waals surface area contributed by atoms with Gasteiger partial charge in [0, 0.05) is 18.9 Å². The fourth-order valence-corrected chi connectivity index (χ4v) is 6.87. The van der Waals surface area contributed by atoms with E-state index in [9.17, 15) is 22.4 Å². The second-order valence-electron chi connectivity index (χ2n) is 9.93. The first-order valence-electron chi connectivity index (χ1n) is 13.2. The van der Waals surface area contributed by atoms with Crippen LogP contribution in [-0.4, -0.2) is 56.0 Å². The summed E-state index contributed by atoms with van der Waals surface area (Å²) in [5.41, 5.74) is 0.401. The summed E-state index contributed by atoms with van der Waals surface area (Å²) in [6.45, 7) is 4.18. The molecular weight excluding hydrogens is 537 g/mol. The number of hydrogen-bond acceptors (Lipinski definition) is 8. The zero-order valence-corrected chi connectivity index (χ0v) is 22.8. The molecule has 3 saturated heterocycles. The van der Waals surface area contributed by atoms with E-state index in [4.69, 9.17) is 9.47 Å². The van der Waals surface area contributed by atoms with Gasteiger partial charge in [0.1, 0.15) is 23.7 Å². The van der Waals surface area contributed by atoms with Crippen LogP contribution in [0, 0.1) is 11.7 Å². The molecule has 2 bridgehead atoms. The predicted octanol–water partition coefficient (Wildman–Crippen LogP) is 3.66. The minimum absolute atomic E-state index is 0.0688. The molecule has 11 heteroatoms. The quantitative estimate of drug-likeness (QED) is 0.390. The Kier molecular flexibility index (Phi) is 8.24. The summed E-state index contributed by atoms with van der Waals surface area (Å²) in [7, 11) is -4.39. The average molecular weight is 568 g/mol. The summed E-state index contributed by atoms with van der Waals surface area (Å²) >= 11 is 0. The molecule has 0 saturated carbocycles. The number of nitrogens with zero attached hydrogens (tertiary/aromatic N) is 2. The largest absolute Gasteiger partial charge is 0.459 e. The number of aromatic nitrogens is 1. The van der Waals surface area contributed by atoms with Crippen LogP contribution in [0.3, 0.4) is 0 Å². The summed E-state index contributed by atoms with van der Waals surface area (Å²) < 4.78 is 55.4. The summed E-state index contributed by atoms with van der Waals surface area (Å²) in [5.74, 6) is -1.70. The van der Waals surface area contributed by atoms with Gasteiger partial charge < -0.3 is 9.47 Å². The number of piperidine rings is 3. The van der Waals surface area contributed by atoms with E-state index in [1.807, 2.05) is 0 Å². The Bertz CT molecular complexity index is 1490. The fourth-order valence-electron chi connectivity index (χ4n) is 5.36. The minimum atomic E-state index is -4.39. The van der Waals surface area contributed by atoms with Crippen LogP contribution in [0.25, 0.3) is 0 Å². The van der Waals surface area contributed by atoms with Crippen molar-refractivity contribution in [3.8, 4) is 5.75 Å². The van der Waals surface area contributed by atoms with Crippen molar-refractivity contribution in [2.24, 2.45) is 5.92 Å². The van der Waals surface area contributed by atoms with Crippen LogP contribution in [0.4, 0.5) is 4.39 Å². The van der Waals surface area contributed by atoms with Crippen molar-refractivity contribution < 1.29 is 31.9 Å². The zero-order valence-electron chi connectivity index (χ0n) is 22.0. The monoisotopic (exact) mass is 567 g/mol. The maximum atomic E-state index is 14.2. The maximum absolute atomic E-state index is 14.2. The molecule has 1 unspecified atom stereocenters. The molecule has 1 N–H and O–H groups in total. The van der Waals surface area contributed by atoms with E-state index in [0.717, 1.165) is 32.0 Å². The normalized spacial score (nSPS) is 21.0. The smallest absolute Gasteiger partial charge is 0.343 e. The Hall–Kier alpha value is -3.67. The number of hydrogen-bond donors (Lipinski definition) is 1. The molecule has 3 aliphatic heterocycles. The van der Waals surface area contributed by atoms with E-state index in [1.54, 1.807) is 6.92 Å². The third-order valence-corrected chi connectivity index (χ3v) is 8.92. The Morgan fingerprint density at radius 2 is 1.82 bits per heavy atom. The van der Waals surface area contributed by atoms with Crippen molar-refractivity contribution in [1.29, 1.82) is 0 Å². The molecule has 3 aromatic rings. The first kappa shape index (κ1) is 27.9. The highest BCUT2D eigenvalue weighted by Gasteiger charge is 2.39. The van der Waals surface area contributed by atoms with Crippen LogP contribution in [0.2, 0.25) is 0 Å². The van der Waals surface area contributed by atoms with Gasteiger partial charge in [0.25, 0.3) is 0 Å². The molecule has 210 valence electrons. The molecule has 3 aliphatic rings. The van der Waals surface area contributed by atoms with E-state index in [-0.39, 0.29) is 45.8 Å². The zero-order chi connectivity index (χ0) is 28.3. The summed E-state index contributed by atoms with van der Waals surface area (Å²) in [6.07, 6.45) is 4.55. The summed E-state index contributed by atoms with van der Waals surface area (Å²) in [6, 6.07) is 11.0. The Balaban J connectivity index is 1.44. The maximum Gasteiger partial charge on any atom is 0.343 e. The van der Waals surface area contributed by atoms with E-state index < -0.39 is 33.8 Å². The van der Waals surface area contributed by atoms with Gasteiger partial charge in [-0.05, 0) is 85.8 Å². The fraction of sp³-hybridized carbons (Fsp3) is 0.345. The molecular formula is C29H30FN3O6S. The van der Waals surface area contributed by atoms with Gasteiger partial charge in [0.15, 0.2) is 0 Å². The highest BCUT2D eigenvalue weighted by molar-refractivity contribution is 7.89. The number of sulfonamides is 1. The van der Waals surface area contributed by atoms with Gasteiger partial charge in [-0.1, -0.05) is 25.1 Å². The highest BCUT2D eigenvalue weighted by Crippen LogP contribution is 2.31. The van der Waals surface area contributed by atoms with Crippen LogP contribution in [-0.2, 0) is 26.0 Å². The molecule has 0 amide bonds. The van der Waals surface area contributed by atoms with Crippen LogP contribution in [0.5, 0.6) is 5.75 Å². The molecule has 2 atom stereocenters. The van der Waals surface area contributed by atoms with Gasteiger partial charge >= 0.3 is 11.9 Å². The molecule has 0 spiro atoms. The number of carbonyl (C=O) groups is 2. The standard InChI is InChI=1S/C29H30FN3O6S/c1-2-23-24(28(34)38-22-9-13-31-14-10-22)7-4-8-26(23)40(36,37)32-27(20-5-3-6-21(30)17-20)29(35)39-25-18-33-15-11-19(25)12-16-33/h3-10,13-14,17,19,25,27,32H,2,11-12,15-16,18H2,1H3/t25-,27?/m0/s1. The molecule has 9 nitrogen and oxygen atoms in total. The first-order valence-corrected chi connectivity index (χ1v) is 14.7. The Morgan fingerprint density at radius 3 is 2.48 bits per heavy atom. The van der Waals surface area contributed by atoms with Crippen molar-refractivity contribution in [2.75, 3.05) is 19.6 Å². The number of halogens is 1. The molecule has 0 aliphatic carbocycles. The van der Waals surface area contributed by atoms with E-state index in [1.165, 1.54) is 60.9 Å². The van der Waals surface area contributed by atoms with Gasteiger partial charge in [-0.15, -0.1) is 0 Å². The number of pyridine rings is 1. The Morgan fingerprint density at radius 1 is 1.10 bits per heavy atom. The van der Waals surface area contributed by atoms with E-state index in [0.29, 0.717) is 6.54 Å². The molecule has 1 aromatic heterocycles. The molecule has 3 fully saturated rings. The van der Waals surface area contributed by atoms with Gasteiger partial charge in [-0.2, -0.15) is 4.72 Å². The molecule has 40 heavy (non-hydrogen) atoms. The second kappa shape index (κ2) is 11.8. The van der Waals surface area contributed by atoms with Gasteiger partial charge in [0.05, 0.1) is 10.5 Å². The van der Waals surface area contributed by atoms with Crippen molar-refractivity contribution in [3.63, 3.8) is 0 Å². The van der Waals surface area contributed by atoms with Crippen LogP contribution >= 0.6 is 0 Å². The van der Waals surface area contributed by atoms with Crippen LogP contribution < -0.4 is 9.46 Å². The number of carbonyl (C=O) groups excluding carboxylic acids is 2. The second-order valence-corrected chi connectivity index (χ2v) is 11.6. The number of rotatable bonds is 9. The highest BCUT2D eigenvalue weighted by atomic mass is 32.2. The third kappa shape index (κ3) is 6.06. The lowest BCUT2D eigenvalue weighted by Gasteiger charge is -2.44. The molecule has 2 aromatic carbocycles. The number of esters is 2. The lowest BCUT2D eigenvalue weighted by molar-refractivity contribution is -0.161. The number of benzene rings is 2. The average Bonchev–Trinajstić information content (AvgIpc) is 2.96. The van der Waals surface area contributed by atoms with Crippen molar-refractivity contribution in [1.82, 2.24) is 14.6 Å². The van der Waals surface area contributed by atoms with Crippen molar-refractivity contribution >= 4 is 22.0 Å². The van der Waals surface area contributed by atoms with Crippen molar-refractivity contribution in [2.45, 2.75) is 43.2 Å². The molecule has 6 rings (SSSR count). The van der Waals surface area contributed by atoms with Gasteiger partial charge in [-0.25, -0.2) is 22.4 Å². The predicted molar refractivity (Wildman–Crippen MR) is 144 cm³/mol. The lowest BCUT2D eigenvalue weighted by Crippen LogP contribution is -2.52. The van der Waals surface area contributed by atoms with Crippen LogP contribution in [0.1, 0.15) is 47.3 Å². The number of ether oxygens (including phenoxy) is 2. The summed E-state index contributed by atoms with van der Waals surface area (Å²) in [4.78, 5) is 32.4. The number of fused-ring (bicyclic) bond motifs is 3. The van der Waals surface area contributed by atoms with Crippen LogP contribution in [0.15, 0.2) is 71.9 Å². The van der Waals surface area contributed by atoms with Gasteiger partial charge in [-0.3, -0.25) is 9.88 Å². The third-order valence-electron chi connectivity index (χ3n) is 7.41. The molecule has 0 radical (unpaired) electrons. The lowest BCUT2D eigenvalue weighted by atomic mass is 9.86. The van der Waals surface area contributed by atoms with Crippen molar-refractivity contribution in [3.05, 3.63) is 89.5 Å².